The summed E-state index contributed by atoms with van der Waals surface area (Å²) in [5, 5.41) is 1.41. The van der Waals surface area contributed by atoms with Crippen LogP contribution in [-0.2, 0) is 0 Å². The molecule has 0 aliphatic heterocycles. The van der Waals surface area contributed by atoms with Gasteiger partial charge in [0.15, 0.2) is 5.82 Å². The highest BCUT2D eigenvalue weighted by Gasteiger charge is 2.10. The van der Waals surface area contributed by atoms with Gasteiger partial charge in [-0.25, -0.2) is 9.97 Å². The van der Waals surface area contributed by atoms with Gasteiger partial charge < -0.3 is 0 Å². The zero-order valence-corrected chi connectivity index (χ0v) is 12.5. The van der Waals surface area contributed by atoms with Crippen LogP contribution in [0.15, 0.2) is 36.4 Å². The Hall–Kier alpha value is -1.93. The van der Waals surface area contributed by atoms with Crippen molar-refractivity contribution in [1.82, 2.24) is 9.97 Å². The van der Waals surface area contributed by atoms with Crippen molar-refractivity contribution in [3.63, 3.8) is 0 Å². The minimum Gasteiger partial charge on any atom is -0.228 e. The van der Waals surface area contributed by atoms with Crippen LogP contribution < -0.4 is 0 Å². The molecule has 0 atom stereocenters. The molecule has 0 N–H and O–H groups in total. The van der Waals surface area contributed by atoms with Gasteiger partial charge >= 0.3 is 0 Å². The van der Waals surface area contributed by atoms with E-state index in [9.17, 15) is 0 Å². The van der Waals surface area contributed by atoms with Crippen LogP contribution in [0.3, 0.4) is 0 Å². The molecule has 0 aliphatic carbocycles. The summed E-state index contributed by atoms with van der Waals surface area (Å²) in [6, 6.07) is 12.2. The van der Waals surface area contributed by atoms with Gasteiger partial charge in [-0.15, -0.1) is 0 Å². The Morgan fingerprint density at radius 2 is 1.75 bits per heavy atom. The number of fused-ring (bicyclic) bond motifs is 1. The van der Waals surface area contributed by atoms with Gasteiger partial charge in [0.1, 0.15) is 5.15 Å². The second-order valence-corrected chi connectivity index (χ2v) is 5.46. The maximum atomic E-state index is 6.33. The van der Waals surface area contributed by atoms with Crippen molar-refractivity contribution in [2.75, 3.05) is 0 Å². The van der Waals surface area contributed by atoms with Crippen LogP contribution in [0.25, 0.3) is 22.3 Å². The Morgan fingerprint density at radius 1 is 0.950 bits per heavy atom. The molecule has 0 radical (unpaired) electrons. The smallest absolute Gasteiger partial charge is 0.161 e. The summed E-state index contributed by atoms with van der Waals surface area (Å²) in [6.07, 6.45) is 0. The van der Waals surface area contributed by atoms with E-state index in [2.05, 4.69) is 29.9 Å². The third-order valence-corrected chi connectivity index (χ3v) is 3.94. The number of halogens is 1. The van der Waals surface area contributed by atoms with Crippen LogP contribution in [-0.4, -0.2) is 9.97 Å². The number of rotatable bonds is 1. The normalized spacial score (nSPS) is 11.0. The first-order valence-electron chi connectivity index (χ1n) is 6.57. The van der Waals surface area contributed by atoms with Crippen LogP contribution in [0.2, 0.25) is 5.15 Å². The average Bonchev–Trinajstić information content (AvgIpc) is 2.42. The maximum absolute atomic E-state index is 6.33. The molecule has 1 aromatic heterocycles. The van der Waals surface area contributed by atoms with E-state index >= 15 is 0 Å². The molecule has 2 nitrogen and oxygen atoms in total. The fraction of sp³-hybridized carbons (Fsp3) is 0.176. The van der Waals surface area contributed by atoms with E-state index in [0.29, 0.717) is 11.0 Å². The third-order valence-electron chi connectivity index (χ3n) is 3.65. The second kappa shape index (κ2) is 4.88. The van der Waals surface area contributed by atoms with Gasteiger partial charge in [-0.05, 0) is 44.0 Å². The lowest BCUT2D eigenvalue weighted by molar-refractivity contribution is 1.20. The van der Waals surface area contributed by atoms with Gasteiger partial charge in [-0.3, -0.25) is 0 Å². The molecule has 1 heterocycles. The average molecular weight is 283 g/mol. The van der Waals surface area contributed by atoms with E-state index in [0.717, 1.165) is 22.0 Å². The van der Waals surface area contributed by atoms with E-state index in [1.165, 1.54) is 11.1 Å². The van der Waals surface area contributed by atoms with Crippen molar-refractivity contribution >= 4 is 22.5 Å². The van der Waals surface area contributed by atoms with E-state index in [1.807, 2.05) is 37.3 Å². The van der Waals surface area contributed by atoms with Crippen LogP contribution in [0, 0.1) is 20.8 Å². The minimum atomic E-state index is 0.509. The second-order valence-electron chi connectivity index (χ2n) is 5.11. The molecule has 3 heteroatoms. The first-order chi connectivity index (χ1) is 9.56. The Bertz CT molecular complexity index is 809. The monoisotopic (exact) mass is 282 g/mol. The number of nitrogens with zero attached hydrogens (tertiary/aromatic N) is 2. The molecule has 3 aromatic rings. The van der Waals surface area contributed by atoms with Crippen molar-refractivity contribution in [3.8, 4) is 11.4 Å². The number of aryl methyl sites for hydroxylation is 2. The van der Waals surface area contributed by atoms with E-state index < -0.39 is 0 Å². The summed E-state index contributed by atoms with van der Waals surface area (Å²) in [5.74, 6) is 0.688. The molecule has 2 aromatic carbocycles. The Labute approximate surface area is 123 Å². The summed E-state index contributed by atoms with van der Waals surface area (Å²) in [5.41, 5.74) is 5.49. The predicted molar refractivity (Wildman–Crippen MR) is 84.2 cm³/mol. The number of hydrogen-bond acceptors (Lipinski definition) is 2. The third kappa shape index (κ3) is 2.16. The fourth-order valence-electron chi connectivity index (χ4n) is 2.32. The summed E-state index contributed by atoms with van der Waals surface area (Å²) in [6.45, 7) is 6.21. The lowest BCUT2D eigenvalue weighted by atomic mass is 10.0. The van der Waals surface area contributed by atoms with Gasteiger partial charge in [-0.2, -0.15) is 0 Å². The summed E-state index contributed by atoms with van der Waals surface area (Å²) < 4.78 is 0. The highest BCUT2D eigenvalue weighted by molar-refractivity contribution is 6.34. The lowest BCUT2D eigenvalue weighted by Crippen LogP contribution is -1.95. The zero-order valence-electron chi connectivity index (χ0n) is 11.7. The van der Waals surface area contributed by atoms with Gasteiger partial charge in [0.2, 0.25) is 0 Å². The lowest BCUT2D eigenvalue weighted by Gasteiger charge is -2.09. The quantitative estimate of drug-likeness (QED) is 0.595. The molecular weight excluding hydrogens is 268 g/mol. The van der Waals surface area contributed by atoms with Crippen molar-refractivity contribution < 1.29 is 0 Å². The molecular formula is C17H15ClN2. The number of aromatic nitrogens is 2. The molecule has 0 aliphatic rings. The van der Waals surface area contributed by atoms with Crippen LogP contribution in [0.4, 0.5) is 0 Å². The molecule has 100 valence electrons. The molecule has 0 saturated carbocycles. The molecule has 0 spiro atoms. The van der Waals surface area contributed by atoms with Gasteiger partial charge in [0, 0.05) is 10.9 Å². The topological polar surface area (TPSA) is 25.8 Å². The predicted octanol–water partition coefficient (Wildman–Crippen LogP) is 4.88. The fourth-order valence-corrected chi connectivity index (χ4v) is 2.55. The van der Waals surface area contributed by atoms with Crippen molar-refractivity contribution in [2.45, 2.75) is 20.8 Å². The van der Waals surface area contributed by atoms with E-state index in [4.69, 9.17) is 11.6 Å². The Kier molecular flexibility index (Phi) is 3.19. The SMILES string of the molecule is Cc1ccc2nc(-c3cccc(C)c3C)nc(Cl)c2c1. The summed E-state index contributed by atoms with van der Waals surface area (Å²) in [7, 11) is 0. The summed E-state index contributed by atoms with van der Waals surface area (Å²) in [4.78, 5) is 9.12. The van der Waals surface area contributed by atoms with Crippen molar-refractivity contribution in [1.29, 1.82) is 0 Å². The van der Waals surface area contributed by atoms with Crippen molar-refractivity contribution in [3.05, 3.63) is 58.2 Å². The van der Waals surface area contributed by atoms with Gasteiger partial charge in [0.25, 0.3) is 0 Å². The molecule has 0 amide bonds. The zero-order chi connectivity index (χ0) is 14.3. The highest BCUT2D eigenvalue weighted by Crippen LogP contribution is 2.28. The standard InChI is InChI=1S/C17H15ClN2/c1-10-7-8-15-14(9-10)16(18)20-17(19-15)13-6-4-5-11(2)12(13)3/h4-9H,1-3H3. The first-order valence-corrected chi connectivity index (χ1v) is 6.94. The summed E-state index contributed by atoms with van der Waals surface area (Å²) >= 11 is 6.33. The van der Waals surface area contributed by atoms with Gasteiger partial charge in [0.05, 0.1) is 5.52 Å². The number of hydrogen-bond donors (Lipinski definition) is 0. The first kappa shape index (κ1) is 13.1. The molecule has 0 unspecified atom stereocenters. The molecule has 0 saturated heterocycles. The minimum absolute atomic E-state index is 0.509. The van der Waals surface area contributed by atoms with E-state index in [1.54, 1.807) is 0 Å². The van der Waals surface area contributed by atoms with Crippen molar-refractivity contribution in [2.24, 2.45) is 0 Å². The Balaban J connectivity index is 2.28. The van der Waals surface area contributed by atoms with Crippen LogP contribution in [0.1, 0.15) is 16.7 Å². The molecule has 0 fully saturated rings. The highest BCUT2D eigenvalue weighted by atomic mass is 35.5. The van der Waals surface area contributed by atoms with Gasteiger partial charge in [-0.1, -0.05) is 41.4 Å². The Morgan fingerprint density at radius 3 is 2.55 bits per heavy atom. The van der Waals surface area contributed by atoms with Crippen LogP contribution in [0.5, 0.6) is 0 Å². The van der Waals surface area contributed by atoms with Crippen LogP contribution >= 0.6 is 11.6 Å². The number of benzene rings is 2. The molecule has 20 heavy (non-hydrogen) atoms. The molecule has 3 rings (SSSR count). The maximum Gasteiger partial charge on any atom is 0.161 e. The van der Waals surface area contributed by atoms with E-state index in [-0.39, 0.29) is 0 Å². The molecule has 0 bridgehead atoms. The largest absolute Gasteiger partial charge is 0.228 e.